The van der Waals surface area contributed by atoms with Crippen LogP contribution >= 0.6 is 0 Å². The Balaban J connectivity index is 1.40. The van der Waals surface area contributed by atoms with Crippen molar-refractivity contribution in [3.05, 3.63) is 89.7 Å². The van der Waals surface area contributed by atoms with E-state index in [1.165, 1.54) is 5.56 Å². The van der Waals surface area contributed by atoms with Gasteiger partial charge in [-0.3, -0.25) is 9.78 Å². The molecule has 1 heterocycles. The van der Waals surface area contributed by atoms with Crippen LogP contribution in [0.3, 0.4) is 0 Å². The fourth-order valence-corrected chi connectivity index (χ4v) is 2.80. The smallest absolute Gasteiger partial charge is 0.258 e. The van der Waals surface area contributed by atoms with E-state index >= 15 is 0 Å². The molecular weight excluding hydrogens is 376 g/mol. The van der Waals surface area contributed by atoms with Crippen LogP contribution in [0.15, 0.2) is 72.9 Å². The van der Waals surface area contributed by atoms with Crippen LogP contribution in [0.1, 0.15) is 37.6 Å². The van der Waals surface area contributed by atoms with E-state index in [4.69, 9.17) is 9.47 Å². The third-order valence-electron chi connectivity index (χ3n) is 4.62. The van der Waals surface area contributed by atoms with Gasteiger partial charge in [0.25, 0.3) is 5.91 Å². The average molecular weight is 405 g/mol. The molecule has 0 unspecified atom stereocenters. The van der Waals surface area contributed by atoms with Crippen molar-refractivity contribution < 1.29 is 14.3 Å². The monoisotopic (exact) mass is 404 g/mol. The molecule has 0 atom stereocenters. The lowest BCUT2D eigenvalue weighted by molar-refractivity contribution is -0.123. The molecule has 156 valence electrons. The third kappa shape index (κ3) is 6.62. The van der Waals surface area contributed by atoms with E-state index in [-0.39, 0.29) is 17.9 Å². The van der Waals surface area contributed by atoms with Crippen molar-refractivity contribution in [3.8, 4) is 11.5 Å². The van der Waals surface area contributed by atoms with Gasteiger partial charge in [-0.2, -0.15) is 0 Å². The van der Waals surface area contributed by atoms with E-state index < -0.39 is 0 Å². The number of aromatic nitrogens is 1. The van der Waals surface area contributed by atoms with E-state index in [2.05, 4.69) is 31.1 Å². The molecule has 0 radical (unpaired) electrons. The first-order valence-corrected chi connectivity index (χ1v) is 10.0. The largest absolute Gasteiger partial charge is 0.487 e. The molecule has 5 heteroatoms. The molecule has 2 aromatic carbocycles. The van der Waals surface area contributed by atoms with E-state index in [1.807, 2.05) is 66.7 Å². The first-order chi connectivity index (χ1) is 14.4. The molecule has 0 saturated heterocycles. The molecule has 1 aromatic heterocycles. The van der Waals surface area contributed by atoms with Gasteiger partial charge in [0, 0.05) is 12.7 Å². The Morgan fingerprint density at radius 3 is 2.20 bits per heavy atom. The number of nitrogens with one attached hydrogen (secondary N) is 1. The zero-order valence-corrected chi connectivity index (χ0v) is 17.7. The van der Waals surface area contributed by atoms with Crippen molar-refractivity contribution >= 4 is 5.91 Å². The quantitative estimate of drug-likeness (QED) is 0.594. The van der Waals surface area contributed by atoms with Gasteiger partial charge >= 0.3 is 0 Å². The van der Waals surface area contributed by atoms with Crippen molar-refractivity contribution in [2.45, 2.75) is 39.3 Å². The second-order valence-corrected chi connectivity index (χ2v) is 8.09. The molecule has 0 spiro atoms. The van der Waals surface area contributed by atoms with Crippen LogP contribution in [-0.2, 0) is 23.4 Å². The van der Waals surface area contributed by atoms with Gasteiger partial charge in [0.2, 0.25) is 0 Å². The highest BCUT2D eigenvalue weighted by Gasteiger charge is 2.13. The van der Waals surface area contributed by atoms with Crippen molar-refractivity contribution in [1.82, 2.24) is 10.3 Å². The van der Waals surface area contributed by atoms with Gasteiger partial charge in [-0.15, -0.1) is 0 Å². The van der Waals surface area contributed by atoms with Gasteiger partial charge in [0.15, 0.2) is 6.61 Å². The number of carbonyl (C=O) groups is 1. The lowest BCUT2D eigenvalue weighted by atomic mass is 9.87. The number of pyridine rings is 1. The highest BCUT2D eigenvalue weighted by atomic mass is 16.5. The van der Waals surface area contributed by atoms with Gasteiger partial charge in [-0.1, -0.05) is 51.1 Å². The van der Waals surface area contributed by atoms with E-state index in [0.29, 0.717) is 18.9 Å². The minimum absolute atomic E-state index is 0.0138. The fourth-order valence-electron chi connectivity index (χ4n) is 2.80. The van der Waals surface area contributed by atoms with Gasteiger partial charge < -0.3 is 14.8 Å². The molecule has 0 bridgehead atoms. The van der Waals surface area contributed by atoms with Gasteiger partial charge in [0.05, 0.1) is 5.69 Å². The Morgan fingerprint density at radius 1 is 0.900 bits per heavy atom. The number of hydrogen-bond acceptors (Lipinski definition) is 4. The molecule has 30 heavy (non-hydrogen) atoms. The maximum Gasteiger partial charge on any atom is 0.258 e. The van der Waals surface area contributed by atoms with Crippen molar-refractivity contribution in [2.24, 2.45) is 0 Å². The Bertz CT molecular complexity index is 931. The van der Waals surface area contributed by atoms with Crippen LogP contribution in [-0.4, -0.2) is 17.5 Å². The second kappa shape index (κ2) is 9.92. The highest BCUT2D eigenvalue weighted by molar-refractivity contribution is 5.77. The second-order valence-electron chi connectivity index (χ2n) is 8.09. The molecule has 5 nitrogen and oxygen atoms in total. The lowest BCUT2D eigenvalue weighted by Gasteiger charge is -2.19. The summed E-state index contributed by atoms with van der Waals surface area (Å²) in [4.78, 5) is 16.3. The Labute approximate surface area is 178 Å². The summed E-state index contributed by atoms with van der Waals surface area (Å²) in [5, 5.41) is 2.87. The predicted molar refractivity (Wildman–Crippen MR) is 117 cm³/mol. The van der Waals surface area contributed by atoms with Gasteiger partial charge in [-0.25, -0.2) is 0 Å². The predicted octanol–water partition coefficient (Wildman–Crippen LogP) is 4.65. The number of nitrogens with zero attached hydrogens (tertiary/aromatic N) is 1. The number of amides is 1. The normalized spacial score (nSPS) is 11.0. The number of rotatable bonds is 8. The molecular formula is C25H28N2O3. The summed E-state index contributed by atoms with van der Waals surface area (Å²) >= 11 is 0. The van der Waals surface area contributed by atoms with E-state index in [9.17, 15) is 4.79 Å². The van der Waals surface area contributed by atoms with Crippen LogP contribution in [0.5, 0.6) is 11.5 Å². The summed E-state index contributed by atoms with van der Waals surface area (Å²) in [6, 6.07) is 21.2. The summed E-state index contributed by atoms with van der Waals surface area (Å²) in [6.07, 6.45) is 1.75. The molecule has 0 fully saturated rings. The minimum atomic E-state index is -0.162. The molecule has 1 amide bonds. The Kier molecular flexibility index (Phi) is 7.07. The fraction of sp³-hybridized carbons (Fsp3) is 0.280. The molecule has 0 aliphatic rings. The van der Waals surface area contributed by atoms with E-state index in [1.54, 1.807) is 6.20 Å². The van der Waals surface area contributed by atoms with Crippen molar-refractivity contribution in [1.29, 1.82) is 0 Å². The van der Waals surface area contributed by atoms with Crippen LogP contribution in [0.4, 0.5) is 0 Å². The van der Waals surface area contributed by atoms with Gasteiger partial charge in [-0.05, 0) is 52.9 Å². The summed E-state index contributed by atoms with van der Waals surface area (Å²) in [5.74, 6) is 1.29. The molecule has 3 aromatic rings. The van der Waals surface area contributed by atoms with Crippen molar-refractivity contribution in [3.63, 3.8) is 0 Å². The summed E-state index contributed by atoms with van der Waals surface area (Å²) in [7, 11) is 0. The zero-order valence-electron chi connectivity index (χ0n) is 17.7. The van der Waals surface area contributed by atoms with Crippen LogP contribution in [0, 0.1) is 0 Å². The maximum atomic E-state index is 12.1. The van der Waals surface area contributed by atoms with E-state index in [0.717, 1.165) is 17.0 Å². The first kappa shape index (κ1) is 21.4. The molecule has 0 aliphatic heterocycles. The lowest BCUT2D eigenvalue weighted by Crippen LogP contribution is -2.28. The summed E-state index contributed by atoms with van der Waals surface area (Å²) in [6.45, 7) is 7.33. The highest BCUT2D eigenvalue weighted by Crippen LogP contribution is 2.24. The summed E-state index contributed by atoms with van der Waals surface area (Å²) in [5.41, 5.74) is 3.19. The van der Waals surface area contributed by atoms with Gasteiger partial charge in [0.1, 0.15) is 18.1 Å². The van der Waals surface area contributed by atoms with Crippen LogP contribution < -0.4 is 14.8 Å². The summed E-state index contributed by atoms with van der Waals surface area (Å²) < 4.78 is 11.3. The Hall–Kier alpha value is -3.34. The molecule has 0 saturated carbocycles. The maximum absolute atomic E-state index is 12.1. The third-order valence-corrected chi connectivity index (χ3v) is 4.62. The van der Waals surface area contributed by atoms with Crippen molar-refractivity contribution in [2.75, 3.05) is 6.61 Å². The molecule has 0 aliphatic carbocycles. The SMILES string of the molecule is CC(C)(C)c1ccc(OCC(=O)NCc2ccc(OCc3ccccn3)cc2)cc1. The zero-order chi connectivity index (χ0) is 21.4. The molecule has 1 N–H and O–H groups in total. The average Bonchev–Trinajstić information content (AvgIpc) is 2.76. The standard InChI is InChI=1S/C25H28N2O3/c1-25(2,3)20-9-13-23(14-10-20)30-18-24(28)27-16-19-7-11-22(12-8-19)29-17-21-6-4-5-15-26-21/h4-15H,16-18H2,1-3H3,(H,27,28). The first-order valence-electron chi connectivity index (χ1n) is 10.0. The topological polar surface area (TPSA) is 60.5 Å². The molecule has 3 rings (SSSR count). The number of ether oxygens (including phenoxy) is 2. The van der Waals surface area contributed by atoms with Crippen LogP contribution in [0.25, 0.3) is 0 Å². The number of carbonyl (C=O) groups excluding carboxylic acids is 1. The number of benzene rings is 2. The van der Waals surface area contributed by atoms with Crippen LogP contribution in [0.2, 0.25) is 0 Å². The number of hydrogen-bond donors (Lipinski definition) is 1. The minimum Gasteiger partial charge on any atom is -0.487 e. The Morgan fingerprint density at radius 2 is 1.57 bits per heavy atom.